The van der Waals surface area contributed by atoms with E-state index in [-0.39, 0.29) is 11.9 Å². The third-order valence-corrected chi connectivity index (χ3v) is 2.92. The molecule has 1 amide bonds. The van der Waals surface area contributed by atoms with Gasteiger partial charge in [0.15, 0.2) is 0 Å². The number of aromatic amines is 1. The number of nitrogens with one attached hydrogen (secondary N) is 2. The molecule has 7 nitrogen and oxygen atoms in total. The zero-order valence-electron chi connectivity index (χ0n) is 9.06. The molecule has 1 aliphatic heterocycles. The minimum absolute atomic E-state index is 0.117. The van der Waals surface area contributed by atoms with Gasteiger partial charge in [-0.15, -0.1) is 0 Å². The summed E-state index contributed by atoms with van der Waals surface area (Å²) < 4.78 is 5.21. The molecule has 1 aromatic heterocycles. The fraction of sp³-hybridized carbons (Fsp3) is 0.667. The van der Waals surface area contributed by atoms with Gasteiger partial charge in [0.1, 0.15) is 12.2 Å². The van der Waals surface area contributed by atoms with Crippen molar-refractivity contribution < 1.29 is 9.53 Å². The predicted molar refractivity (Wildman–Crippen MR) is 55.1 cm³/mol. The molecule has 0 aromatic carbocycles. The molecule has 2 unspecified atom stereocenters. The van der Waals surface area contributed by atoms with Gasteiger partial charge < -0.3 is 15.8 Å². The summed E-state index contributed by atoms with van der Waals surface area (Å²) in [5, 5.41) is 9.13. The van der Waals surface area contributed by atoms with Crippen LogP contribution in [0.15, 0.2) is 6.33 Å². The number of nitrogens with two attached hydrogens (primary N) is 1. The second-order valence-corrected chi connectivity index (χ2v) is 4.15. The Kier molecular flexibility index (Phi) is 2.88. The molecule has 0 aliphatic carbocycles. The Morgan fingerprint density at radius 1 is 1.88 bits per heavy atom. The molecule has 2 rings (SSSR count). The first-order valence-corrected chi connectivity index (χ1v) is 5.09. The van der Waals surface area contributed by atoms with E-state index in [9.17, 15) is 4.79 Å². The average molecular weight is 225 g/mol. The molecule has 0 spiro atoms. The third kappa shape index (κ3) is 1.91. The van der Waals surface area contributed by atoms with E-state index in [0.717, 1.165) is 0 Å². The van der Waals surface area contributed by atoms with Gasteiger partial charge in [-0.25, -0.2) is 4.98 Å². The fourth-order valence-electron chi connectivity index (χ4n) is 1.60. The molecule has 2 atom stereocenters. The summed E-state index contributed by atoms with van der Waals surface area (Å²) >= 11 is 0. The lowest BCUT2D eigenvalue weighted by Gasteiger charge is -2.25. The highest BCUT2D eigenvalue weighted by molar-refractivity contribution is 5.83. The van der Waals surface area contributed by atoms with Crippen LogP contribution in [0.5, 0.6) is 0 Å². The van der Waals surface area contributed by atoms with E-state index in [4.69, 9.17) is 10.5 Å². The van der Waals surface area contributed by atoms with E-state index in [2.05, 4.69) is 20.5 Å². The minimum atomic E-state index is -0.653. The van der Waals surface area contributed by atoms with E-state index in [1.54, 1.807) is 6.92 Å². The smallest absolute Gasteiger partial charge is 0.230 e. The number of nitrogens with zero attached hydrogens (tertiary/aromatic N) is 2. The van der Waals surface area contributed by atoms with Gasteiger partial charge in [0.2, 0.25) is 5.91 Å². The maximum Gasteiger partial charge on any atom is 0.230 e. The predicted octanol–water partition coefficient (Wildman–Crippen LogP) is -1.22. The van der Waals surface area contributed by atoms with Crippen LogP contribution in [-0.4, -0.2) is 40.3 Å². The van der Waals surface area contributed by atoms with Crippen molar-refractivity contribution in [3.63, 3.8) is 0 Å². The highest BCUT2D eigenvalue weighted by Gasteiger charge is 2.44. The van der Waals surface area contributed by atoms with Gasteiger partial charge in [-0.05, 0) is 6.92 Å². The van der Waals surface area contributed by atoms with Gasteiger partial charge in [-0.3, -0.25) is 9.89 Å². The summed E-state index contributed by atoms with van der Waals surface area (Å²) in [7, 11) is 0. The Balaban J connectivity index is 1.93. The van der Waals surface area contributed by atoms with E-state index < -0.39 is 5.41 Å². The number of amides is 1. The maximum absolute atomic E-state index is 11.9. The molecule has 7 heteroatoms. The molecule has 4 N–H and O–H groups in total. The molecule has 0 radical (unpaired) electrons. The van der Waals surface area contributed by atoms with Crippen molar-refractivity contribution in [1.29, 1.82) is 0 Å². The van der Waals surface area contributed by atoms with Gasteiger partial charge >= 0.3 is 0 Å². The lowest BCUT2D eigenvalue weighted by atomic mass is 9.85. The SMILES string of the molecule is CC1(C(=O)NCc2ncn[nH]2)COCC1N. The van der Waals surface area contributed by atoms with E-state index >= 15 is 0 Å². The van der Waals surface area contributed by atoms with Crippen molar-refractivity contribution in [1.82, 2.24) is 20.5 Å². The molecule has 1 saturated heterocycles. The summed E-state index contributed by atoms with van der Waals surface area (Å²) in [5.74, 6) is 0.498. The quantitative estimate of drug-likeness (QED) is 0.598. The molecule has 0 saturated carbocycles. The van der Waals surface area contributed by atoms with Crippen molar-refractivity contribution in [3.8, 4) is 0 Å². The normalized spacial score (nSPS) is 29.2. The Bertz CT molecular complexity index is 366. The molecule has 1 aromatic rings. The first kappa shape index (κ1) is 11.0. The second kappa shape index (κ2) is 4.18. The van der Waals surface area contributed by atoms with Gasteiger partial charge in [0, 0.05) is 6.04 Å². The number of carbonyl (C=O) groups excluding carboxylic acids is 1. The van der Waals surface area contributed by atoms with Crippen molar-refractivity contribution in [2.24, 2.45) is 11.1 Å². The van der Waals surface area contributed by atoms with Crippen LogP contribution < -0.4 is 11.1 Å². The molecule has 16 heavy (non-hydrogen) atoms. The highest BCUT2D eigenvalue weighted by Crippen LogP contribution is 2.27. The van der Waals surface area contributed by atoms with Crippen LogP contribution in [0.25, 0.3) is 0 Å². The largest absolute Gasteiger partial charge is 0.379 e. The summed E-state index contributed by atoms with van der Waals surface area (Å²) in [6, 6.07) is -0.262. The Labute approximate surface area is 92.8 Å². The number of hydrogen-bond acceptors (Lipinski definition) is 5. The standard InChI is InChI=1S/C9H15N5O2/c1-9(4-16-3-6(9)10)8(15)11-2-7-12-5-13-14-7/h5-6H,2-4,10H2,1H3,(H,11,15)(H,12,13,14). The molecular weight excluding hydrogens is 210 g/mol. The molecular formula is C9H15N5O2. The summed E-state index contributed by atoms with van der Waals surface area (Å²) in [6.07, 6.45) is 1.40. The van der Waals surface area contributed by atoms with Gasteiger partial charge in [-0.2, -0.15) is 5.10 Å². The van der Waals surface area contributed by atoms with Crippen LogP contribution in [0, 0.1) is 5.41 Å². The topological polar surface area (TPSA) is 106 Å². The molecule has 88 valence electrons. The number of hydrogen-bond donors (Lipinski definition) is 3. The lowest BCUT2D eigenvalue weighted by molar-refractivity contribution is -0.130. The van der Waals surface area contributed by atoms with Gasteiger partial charge in [0.05, 0.1) is 25.2 Å². The fourth-order valence-corrected chi connectivity index (χ4v) is 1.60. The molecule has 1 aliphatic rings. The van der Waals surface area contributed by atoms with Gasteiger partial charge in [-0.1, -0.05) is 0 Å². The zero-order chi connectivity index (χ0) is 11.6. The van der Waals surface area contributed by atoms with Crippen LogP contribution in [0.2, 0.25) is 0 Å². The van der Waals surface area contributed by atoms with Crippen molar-refractivity contribution >= 4 is 5.91 Å². The first-order chi connectivity index (χ1) is 7.63. The lowest BCUT2D eigenvalue weighted by Crippen LogP contribution is -2.49. The Hall–Kier alpha value is -1.47. The first-order valence-electron chi connectivity index (χ1n) is 5.09. The van der Waals surface area contributed by atoms with Crippen molar-refractivity contribution in [3.05, 3.63) is 12.2 Å². The van der Waals surface area contributed by atoms with Crippen LogP contribution in [0.3, 0.4) is 0 Å². The average Bonchev–Trinajstić information content (AvgIpc) is 2.87. The monoisotopic (exact) mass is 225 g/mol. The highest BCUT2D eigenvalue weighted by atomic mass is 16.5. The maximum atomic E-state index is 11.9. The van der Waals surface area contributed by atoms with E-state index in [1.807, 2.05) is 0 Å². The number of ether oxygens (including phenoxy) is 1. The van der Waals surface area contributed by atoms with E-state index in [1.165, 1.54) is 6.33 Å². The number of rotatable bonds is 3. The minimum Gasteiger partial charge on any atom is -0.379 e. The van der Waals surface area contributed by atoms with Crippen LogP contribution in [0.1, 0.15) is 12.7 Å². The number of carbonyl (C=O) groups is 1. The third-order valence-electron chi connectivity index (χ3n) is 2.92. The van der Waals surface area contributed by atoms with Crippen molar-refractivity contribution in [2.75, 3.05) is 13.2 Å². The van der Waals surface area contributed by atoms with Gasteiger partial charge in [0.25, 0.3) is 0 Å². The second-order valence-electron chi connectivity index (χ2n) is 4.15. The van der Waals surface area contributed by atoms with E-state index in [0.29, 0.717) is 25.6 Å². The number of H-pyrrole nitrogens is 1. The molecule has 1 fully saturated rings. The summed E-state index contributed by atoms with van der Waals surface area (Å²) in [5.41, 5.74) is 5.19. The number of aromatic nitrogens is 3. The Morgan fingerprint density at radius 3 is 3.25 bits per heavy atom. The van der Waals surface area contributed by atoms with Crippen LogP contribution >= 0.6 is 0 Å². The zero-order valence-corrected chi connectivity index (χ0v) is 9.06. The summed E-state index contributed by atoms with van der Waals surface area (Å²) in [4.78, 5) is 15.9. The Morgan fingerprint density at radius 2 is 2.69 bits per heavy atom. The van der Waals surface area contributed by atoms with Crippen molar-refractivity contribution in [2.45, 2.75) is 19.5 Å². The molecule has 2 heterocycles. The summed E-state index contributed by atoms with van der Waals surface area (Å²) in [6.45, 7) is 2.91. The van der Waals surface area contributed by atoms with Crippen LogP contribution in [-0.2, 0) is 16.1 Å². The van der Waals surface area contributed by atoms with Crippen LogP contribution in [0.4, 0.5) is 0 Å². The molecule has 0 bridgehead atoms.